The van der Waals surface area contributed by atoms with E-state index in [-0.39, 0.29) is 45.8 Å². The van der Waals surface area contributed by atoms with Gasteiger partial charge in [0.05, 0.1) is 38.6 Å². The third-order valence-electron chi connectivity index (χ3n) is 20.5. The highest BCUT2D eigenvalue weighted by Crippen LogP contribution is 2.90. The fraction of sp³-hybridized carbons (Fsp3) is 0.980. The molecule has 0 aromatic rings. The Morgan fingerprint density at radius 1 is 0.629 bits per heavy atom. The smallest absolute Gasteiger partial charge is 0.187 e. The van der Waals surface area contributed by atoms with E-state index in [1.807, 2.05) is 0 Å². The highest BCUT2D eigenvalue weighted by atomic mass is 16.8. The van der Waals surface area contributed by atoms with Crippen LogP contribution in [0.3, 0.4) is 0 Å². The van der Waals surface area contributed by atoms with Crippen LogP contribution < -0.4 is 0 Å². The van der Waals surface area contributed by atoms with Gasteiger partial charge in [-0.2, -0.15) is 0 Å². The van der Waals surface area contributed by atoms with Gasteiger partial charge in [-0.25, -0.2) is 0 Å². The summed E-state index contributed by atoms with van der Waals surface area (Å²) >= 11 is 0. The van der Waals surface area contributed by atoms with Crippen LogP contribution in [0.4, 0.5) is 0 Å². The Bertz CT molecular complexity index is 1910. The molecule has 4 saturated heterocycles. The Labute approximate surface area is 408 Å². The summed E-state index contributed by atoms with van der Waals surface area (Å²) in [5.74, 6) is -1.16. The van der Waals surface area contributed by atoms with Crippen molar-refractivity contribution in [2.24, 2.45) is 50.7 Å². The number of aliphatic hydroxyl groups is 12. The Hall–Kier alpha value is -1.13. The van der Waals surface area contributed by atoms with E-state index in [4.69, 9.17) is 37.9 Å². The summed E-state index contributed by atoms with van der Waals surface area (Å²) in [4.78, 5) is 13.9. The number of hydrogen-bond donors (Lipinski definition) is 12. The van der Waals surface area contributed by atoms with Crippen LogP contribution in [0.15, 0.2) is 0 Å². The van der Waals surface area contributed by atoms with Crippen molar-refractivity contribution in [2.75, 3.05) is 33.5 Å². The molecule has 9 rings (SSSR count). The number of methoxy groups -OCH3 is 1. The average molecular weight is 1010 g/mol. The fourth-order valence-corrected chi connectivity index (χ4v) is 16.6. The standard InChI is InChI=1S/C49H80O21/c1-21-22(14-28(53)46(6,62)20-64-40-36(60)33(57)30(54)23(15-50)65-40)70-49(63-7)18-45(5)27-9-8-26-43(2,3)29(10-11-47(26)19-48(27,47)13-12-44(45,4)39(21)49)68-42-38(35(59)32(56)25(17-52)67-42)69-41-37(61)34(58)31(55)24(16-51)66-41/h21-27,29-42,50-52,54-62H,8-20H2,1-7H3/t21-,22-,23+,24+,25+,26+,27+,29-,30+,31+,32+,33-,34-,35-,36+,37+,38+,39-,40+,41-,42-,44-,45-,46+,47+,48-,49-/m1/s1. The van der Waals surface area contributed by atoms with E-state index in [0.29, 0.717) is 18.8 Å². The molecule has 9 fully saturated rings. The van der Waals surface area contributed by atoms with E-state index in [2.05, 4.69) is 34.6 Å². The van der Waals surface area contributed by atoms with Gasteiger partial charge in [-0.05, 0) is 96.7 Å². The SMILES string of the molecule is CO[C@@]12C[C@]3(C)[C@@H]4CC[C@H]5C(C)(C)[C@H](O[C@H]6O[C@@H](CO)[C@H](O)[C@@H](O)[C@@H]6O[C@H]6O[C@@H](CO)[C@H](O)[C@@H](O)[C@@H]6O)CC[C@]56C[C@]46CC[C@]3(C)[C@H]1[C@H](C)[C@@H](CC(=O)[C@@](C)(O)CO[C@H]1O[C@@H](CO)[C@H](O)[C@@H](O)[C@@H]1O)O2. The van der Waals surface area contributed by atoms with Crippen LogP contribution in [0.25, 0.3) is 0 Å². The molecule has 21 nitrogen and oxygen atoms in total. The zero-order valence-electron chi connectivity index (χ0n) is 41.4. The molecule has 402 valence electrons. The molecule has 5 aliphatic carbocycles. The molecule has 0 radical (unpaired) electrons. The lowest BCUT2D eigenvalue weighted by molar-refractivity contribution is -0.377. The van der Waals surface area contributed by atoms with Crippen LogP contribution in [0.2, 0.25) is 0 Å². The van der Waals surface area contributed by atoms with E-state index >= 15 is 0 Å². The second-order valence-corrected chi connectivity index (χ2v) is 24.1. The minimum Gasteiger partial charge on any atom is -0.394 e. The Morgan fingerprint density at radius 3 is 1.77 bits per heavy atom. The largest absolute Gasteiger partial charge is 0.394 e. The molecule has 2 spiro atoms. The topological polar surface area (TPSA) is 334 Å². The fourth-order valence-electron chi connectivity index (χ4n) is 16.6. The minimum atomic E-state index is -2.04. The van der Waals surface area contributed by atoms with Gasteiger partial charge in [-0.3, -0.25) is 4.79 Å². The number of aliphatic hydroxyl groups excluding tert-OH is 11. The Kier molecular flexibility index (Phi) is 14.2. The summed E-state index contributed by atoms with van der Waals surface area (Å²) in [6, 6.07) is 0. The predicted octanol–water partition coefficient (Wildman–Crippen LogP) is -2.05. The zero-order valence-corrected chi connectivity index (χ0v) is 41.4. The summed E-state index contributed by atoms with van der Waals surface area (Å²) in [6.07, 6.45) is -17.2. The van der Waals surface area contributed by atoms with Gasteiger partial charge in [0.2, 0.25) is 0 Å². The van der Waals surface area contributed by atoms with E-state index in [9.17, 15) is 66.1 Å². The average Bonchev–Trinajstić information content (AvgIpc) is 3.84. The highest BCUT2D eigenvalue weighted by molar-refractivity contribution is 5.87. The van der Waals surface area contributed by atoms with E-state index in [0.717, 1.165) is 38.5 Å². The summed E-state index contributed by atoms with van der Waals surface area (Å²) < 4.78 is 48.9. The van der Waals surface area contributed by atoms with Crippen molar-refractivity contribution in [2.45, 2.75) is 215 Å². The monoisotopic (exact) mass is 1000 g/mol. The van der Waals surface area contributed by atoms with E-state index in [1.54, 1.807) is 7.11 Å². The van der Waals surface area contributed by atoms with Gasteiger partial charge in [-0.15, -0.1) is 0 Å². The molecule has 27 atom stereocenters. The van der Waals surface area contributed by atoms with Crippen LogP contribution in [0, 0.1) is 50.7 Å². The summed E-state index contributed by atoms with van der Waals surface area (Å²) in [5, 5.41) is 126. The number of ketones is 1. The third kappa shape index (κ3) is 7.80. The van der Waals surface area contributed by atoms with E-state index in [1.165, 1.54) is 6.92 Å². The van der Waals surface area contributed by atoms with Crippen molar-refractivity contribution >= 4 is 5.78 Å². The molecule has 0 aromatic heterocycles. The van der Waals surface area contributed by atoms with Crippen LogP contribution in [-0.4, -0.2) is 216 Å². The van der Waals surface area contributed by atoms with Crippen molar-refractivity contribution in [3.05, 3.63) is 0 Å². The second kappa shape index (κ2) is 18.6. The van der Waals surface area contributed by atoms with Crippen molar-refractivity contribution in [3.8, 4) is 0 Å². The van der Waals surface area contributed by atoms with Crippen LogP contribution in [0.5, 0.6) is 0 Å². The summed E-state index contributed by atoms with van der Waals surface area (Å²) in [5.41, 5.74) is -2.83. The molecule has 21 heteroatoms. The summed E-state index contributed by atoms with van der Waals surface area (Å²) in [6.45, 7) is 10.0. The molecule has 9 aliphatic rings. The van der Waals surface area contributed by atoms with E-state index < -0.39 is 153 Å². The molecule has 0 bridgehead atoms. The van der Waals surface area contributed by atoms with Gasteiger partial charge < -0.3 is 99.2 Å². The highest BCUT2D eigenvalue weighted by Gasteiger charge is 2.85. The molecule has 70 heavy (non-hydrogen) atoms. The number of carbonyl (C=O) groups excluding carboxylic acids is 1. The lowest BCUT2D eigenvalue weighted by Crippen LogP contribution is -2.65. The molecule has 5 saturated carbocycles. The maximum absolute atomic E-state index is 13.9. The molecule has 0 aromatic carbocycles. The zero-order chi connectivity index (χ0) is 51.1. The third-order valence-corrected chi connectivity index (χ3v) is 20.5. The molecule has 12 N–H and O–H groups in total. The first-order valence-electron chi connectivity index (χ1n) is 25.4. The van der Waals surface area contributed by atoms with Crippen molar-refractivity contribution in [1.82, 2.24) is 0 Å². The number of rotatable bonds is 14. The van der Waals surface area contributed by atoms with Gasteiger partial charge in [0, 0.05) is 25.9 Å². The number of carbonyl (C=O) groups is 1. The number of fused-ring (bicyclic) bond motifs is 4. The maximum Gasteiger partial charge on any atom is 0.187 e. The first-order valence-corrected chi connectivity index (χ1v) is 25.4. The molecule has 4 aliphatic heterocycles. The Morgan fingerprint density at radius 2 is 1.17 bits per heavy atom. The summed E-state index contributed by atoms with van der Waals surface area (Å²) in [7, 11) is 1.67. The van der Waals surface area contributed by atoms with Crippen molar-refractivity contribution in [1.29, 1.82) is 0 Å². The molecule has 4 heterocycles. The number of ether oxygens (including phenoxy) is 8. The maximum atomic E-state index is 13.9. The number of Topliss-reactive ketones (excluding diaryl/α,β-unsaturated/α-hetero) is 1. The lowest BCUT2D eigenvalue weighted by Gasteiger charge is -2.63. The lowest BCUT2D eigenvalue weighted by atomic mass is 9.41. The van der Waals surface area contributed by atoms with Gasteiger partial charge in [0.15, 0.2) is 30.4 Å². The van der Waals surface area contributed by atoms with Crippen molar-refractivity contribution in [3.63, 3.8) is 0 Å². The van der Waals surface area contributed by atoms with Crippen LogP contribution in [0.1, 0.15) is 99.3 Å². The van der Waals surface area contributed by atoms with Crippen LogP contribution in [-0.2, 0) is 42.7 Å². The van der Waals surface area contributed by atoms with Gasteiger partial charge >= 0.3 is 0 Å². The van der Waals surface area contributed by atoms with Gasteiger partial charge in [0.25, 0.3) is 0 Å². The minimum absolute atomic E-state index is 0.0230. The second-order valence-electron chi connectivity index (χ2n) is 24.1. The van der Waals surface area contributed by atoms with Crippen molar-refractivity contribution < 1.29 is 104 Å². The molecule has 0 unspecified atom stereocenters. The quantitative estimate of drug-likeness (QED) is 0.0834. The predicted molar refractivity (Wildman–Crippen MR) is 237 cm³/mol. The van der Waals surface area contributed by atoms with Crippen LogP contribution >= 0.6 is 0 Å². The normalized spacial score (nSPS) is 55.6. The molecular weight excluding hydrogens is 925 g/mol. The molecular formula is C49H80O21. The van der Waals surface area contributed by atoms with Gasteiger partial charge in [0.1, 0.15) is 78.8 Å². The first kappa shape index (κ1) is 53.7. The number of hydrogen-bond acceptors (Lipinski definition) is 21. The Balaban J connectivity index is 0.884. The molecule has 0 amide bonds. The van der Waals surface area contributed by atoms with Gasteiger partial charge in [-0.1, -0.05) is 34.6 Å². The first-order chi connectivity index (χ1) is 32.8.